The minimum atomic E-state index is 0.0590. The van der Waals surface area contributed by atoms with Crippen molar-refractivity contribution in [3.8, 4) is 0 Å². The van der Waals surface area contributed by atoms with Crippen molar-refractivity contribution in [2.24, 2.45) is 5.73 Å². The smallest absolute Gasteiger partial charge is 0.126 e. The zero-order valence-corrected chi connectivity index (χ0v) is 13.5. The lowest BCUT2D eigenvalue weighted by atomic mass is 10.1. The maximum atomic E-state index is 7.78. The van der Waals surface area contributed by atoms with Crippen molar-refractivity contribution in [1.29, 1.82) is 5.41 Å². The first-order valence-electron chi connectivity index (χ1n) is 6.35. The number of halogens is 1. The predicted octanol–water partition coefficient (Wildman–Crippen LogP) is 4.12. The summed E-state index contributed by atoms with van der Waals surface area (Å²) in [7, 11) is 1.99. The number of nitrogens with one attached hydrogen (secondary N) is 1. The number of benzene rings is 2. The largest absolute Gasteiger partial charge is 0.384 e. The average molecular weight is 332 g/mol. The van der Waals surface area contributed by atoms with Gasteiger partial charge in [0.05, 0.1) is 11.3 Å². The first-order chi connectivity index (χ1) is 9.40. The van der Waals surface area contributed by atoms with Crippen molar-refractivity contribution in [1.82, 2.24) is 0 Å². The molecule has 0 amide bonds. The predicted molar refractivity (Wildman–Crippen MR) is 89.1 cm³/mol. The van der Waals surface area contributed by atoms with Crippen molar-refractivity contribution in [3.63, 3.8) is 0 Å². The molecule has 0 fully saturated rings. The Hall–Kier alpha value is -1.81. The van der Waals surface area contributed by atoms with Crippen LogP contribution < -0.4 is 10.6 Å². The molecule has 20 heavy (non-hydrogen) atoms. The summed E-state index contributed by atoms with van der Waals surface area (Å²) in [6, 6.07) is 12.2. The Morgan fingerprint density at radius 2 is 1.75 bits per heavy atom. The monoisotopic (exact) mass is 331 g/mol. The first-order valence-corrected chi connectivity index (χ1v) is 7.14. The molecule has 0 aliphatic rings. The fourth-order valence-corrected chi connectivity index (χ4v) is 2.91. The van der Waals surface area contributed by atoms with Gasteiger partial charge in [-0.2, -0.15) is 0 Å². The summed E-state index contributed by atoms with van der Waals surface area (Å²) < 4.78 is 0.832. The van der Waals surface area contributed by atoms with E-state index in [1.165, 1.54) is 11.1 Å². The van der Waals surface area contributed by atoms with Gasteiger partial charge in [-0.1, -0.05) is 12.1 Å². The zero-order valence-electron chi connectivity index (χ0n) is 11.9. The number of nitrogen functional groups attached to an aromatic ring is 1. The van der Waals surface area contributed by atoms with Crippen LogP contribution >= 0.6 is 15.9 Å². The second kappa shape index (κ2) is 5.67. The molecule has 0 unspecified atom stereocenters. The summed E-state index contributed by atoms with van der Waals surface area (Å²) in [6.45, 7) is 4.16. The highest BCUT2D eigenvalue weighted by Gasteiger charge is 2.14. The van der Waals surface area contributed by atoms with Crippen molar-refractivity contribution in [3.05, 3.63) is 57.6 Å². The normalized spacial score (nSPS) is 10.4. The molecule has 0 radical (unpaired) electrons. The number of nitrogens with zero attached hydrogens (tertiary/aromatic N) is 1. The maximum Gasteiger partial charge on any atom is 0.126 e. The quantitative estimate of drug-likeness (QED) is 0.656. The van der Waals surface area contributed by atoms with Crippen molar-refractivity contribution in [2.75, 3.05) is 11.9 Å². The molecular weight excluding hydrogens is 314 g/mol. The number of aryl methyl sites for hydroxylation is 2. The summed E-state index contributed by atoms with van der Waals surface area (Å²) >= 11 is 3.47. The lowest BCUT2D eigenvalue weighted by molar-refractivity contribution is 1.18. The minimum Gasteiger partial charge on any atom is -0.384 e. The lowest BCUT2D eigenvalue weighted by Gasteiger charge is -2.24. The third-order valence-corrected chi connectivity index (χ3v) is 3.88. The van der Waals surface area contributed by atoms with Crippen LogP contribution in [0, 0.1) is 19.3 Å². The van der Waals surface area contributed by atoms with E-state index in [1.807, 2.05) is 25.2 Å². The number of amidine groups is 1. The van der Waals surface area contributed by atoms with Gasteiger partial charge in [-0.25, -0.2) is 0 Å². The summed E-state index contributed by atoms with van der Waals surface area (Å²) in [4.78, 5) is 2.06. The van der Waals surface area contributed by atoms with Gasteiger partial charge >= 0.3 is 0 Å². The van der Waals surface area contributed by atoms with Gasteiger partial charge in [0, 0.05) is 17.2 Å². The van der Waals surface area contributed by atoms with Crippen LogP contribution in [0.3, 0.4) is 0 Å². The number of hydrogen-bond donors (Lipinski definition) is 2. The molecule has 0 atom stereocenters. The van der Waals surface area contributed by atoms with Crippen LogP contribution in [0.4, 0.5) is 11.4 Å². The molecule has 3 nitrogen and oxygen atoms in total. The molecule has 0 bridgehead atoms. The van der Waals surface area contributed by atoms with Crippen LogP contribution in [-0.4, -0.2) is 12.9 Å². The Morgan fingerprint density at radius 1 is 1.15 bits per heavy atom. The molecule has 4 heteroatoms. The van der Waals surface area contributed by atoms with Crippen molar-refractivity contribution < 1.29 is 0 Å². The highest BCUT2D eigenvalue weighted by molar-refractivity contribution is 9.10. The third-order valence-electron chi connectivity index (χ3n) is 3.22. The molecule has 104 valence electrons. The molecule has 2 aromatic carbocycles. The van der Waals surface area contributed by atoms with E-state index in [1.54, 1.807) is 0 Å². The van der Waals surface area contributed by atoms with Crippen molar-refractivity contribution in [2.45, 2.75) is 13.8 Å². The topological polar surface area (TPSA) is 53.1 Å². The van der Waals surface area contributed by atoms with Crippen LogP contribution in [0.1, 0.15) is 16.7 Å². The fourth-order valence-electron chi connectivity index (χ4n) is 2.34. The second-order valence-electron chi connectivity index (χ2n) is 4.95. The van der Waals surface area contributed by atoms with E-state index in [0.717, 1.165) is 15.8 Å². The molecule has 0 saturated heterocycles. The first kappa shape index (κ1) is 14.6. The minimum absolute atomic E-state index is 0.0590. The van der Waals surface area contributed by atoms with Gasteiger partial charge < -0.3 is 10.6 Å². The molecule has 0 heterocycles. The highest BCUT2D eigenvalue weighted by Crippen LogP contribution is 2.32. The van der Waals surface area contributed by atoms with Crippen molar-refractivity contribution >= 4 is 33.1 Å². The Bertz CT molecular complexity index is 645. The van der Waals surface area contributed by atoms with Gasteiger partial charge in [-0.05, 0) is 65.2 Å². The SMILES string of the molecule is Cc1cc(C)cc(N(C)c2cccc(Br)c2C(=N)N)c1. The van der Waals surface area contributed by atoms with Gasteiger partial charge in [0.25, 0.3) is 0 Å². The van der Waals surface area contributed by atoms with E-state index in [2.05, 4.69) is 52.9 Å². The lowest BCUT2D eigenvalue weighted by Crippen LogP contribution is -2.19. The standard InChI is InChI=1S/C16H18BrN3/c1-10-7-11(2)9-12(8-10)20(3)14-6-4-5-13(17)15(14)16(18)19/h4-9H,1-3H3,(H3,18,19). The highest BCUT2D eigenvalue weighted by atomic mass is 79.9. The molecule has 0 aliphatic heterocycles. The van der Waals surface area contributed by atoms with Gasteiger partial charge in [0.2, 0.25) is 0 Å². The van der Waals surface area contributed by atoms with Crippen LogP contribution in [0.2, 0.25) is 0 Å². The number of anilines is 2. The van der Waals surface area contributed by atoms with E-state index < -0.39 is 0 Å². The summed E-state index contributed by atoms with van der Waals surface area (Å²) in [5.74, 6) is 0.0590. The van der Waals surface area contributed by atoms with Crippen LogP contribution in [0.15, 0.2) is 40.9 Å². The van der Waals surface area contributed by atoms with Crippen LogP contribution in [0.5, 0.6) is 0 Å². The van der Waals surface area contributed by atoms with Gasteiger partial charge in [0.1, 0.15) is 5.84 Å². The van der Waals surface area contributed by atoms with Gasteiger partial charge in [-0.15, -0.1) is 0 Å². The second-order valence-corrected chi connectivity index (χ2v) is 5.81. The summed E-state index contributed by atoms with van der Waals surface area (Å²) in [6.07, 6.45) is 0. The number of rotatable bonds is 3. The van der Waals surface area contributed by atoms with E-state index in [0.29, 0.717) is 5.56 Å². The third kappa shape index (κ3) is 2.85. The molecule has 0 aliphatic carbocycles. The van der Waals surface area contributed by atoms with E-state index >= 15 is 0 Å². The zero-order chi connectivity index (χ0) is 14.9. The van der Waals surface area contributed by atoms with Gasteiger partial charge in [-0.3, -0.25) is 5.41 Å². The molecule has 0 spiro atoms. The Balaban J connectivity index is 2.56. The molecular formula is C16H18BrN3. The van der Waals surface area contributed by atoms with Gasteiger partial charge in [0.15, 0.2) is 0 Å². The summed E-state index contributed by atoms with van der Waals surface area (Å²) in [5, 5.41) is 7.78. The van der Waals surface area contributed by atoms with E-state index in [-0.39, 0.29) is 5.84 Å². The number of hydrogen-bond acceptors (Lipinski definition) is 2. The Labute approximate surface area is 128 Å². The number of nitrogens with two attached hydrogens (primary N) is 1. The summed E-state index contributed by atoms with van der Waals surface area (Å²) in [5.41, 5.74) is 10.9. The average Bonchev–Trinajstić information content (AvgIpc) is 2.35. The van der Waals surface area contributed by atoms with Crippen LogP contribution in [0.25, 0.3) is 0 Å². The molecule has 2 aromatic rings. The van der Waals surface area contributed by atoms with E-state index in [4.69, 9.17) is 11.1 Å². The van der Waals surface area contributed by atoms with Crippen LogP contribution in [-0.2, 0) is 0 Å². The molecule has 0 saturated carbocycles. The maximum absolute atomic E-state index is 7.78. The molecule has 3 N–H and O–H groups in total. The molecule has 2 rings (SSSR count). The fraction of sp³-hybridized carbons (Fsp3) is 0.188. The Morgan fingerprint density at radius 3 is 2.30 bits per heavy atom. The Kier molecular flexibility index (Phi) is 4.14. The molecule has 0 aromatic heterocycles. The van der Waals surface area contributed by atoms with E-state index in [9.17, 15) is 0 Å².